The molecule has 55 heavy (non-hydrogen) atoms. The maximum atomic E-state index is 12.6. The topological polar surface area (TPSA) is 91.3 Å². The number of phosphoric ester groups is 1. The molecule has 0 aromatic rings. The van der Waals surface area contributed by atoms with Crippen LogP contribution in [0.3, 0.4) is 0 Å². The highest BCUT2D eigenvalue weighted by atomic mass is 31.2. The van der Waals surface area contributed by atoms with E-state index in [9.17, 15) is 14.3 Å². The Hall–Kier alpha value is -2.48. The van der Waals surface area contributed by atoms with Crippen molar-refractivity contribution in [3.8, 4) is 0 Å². The number of ether oxygens (including phenoxy) is 2. The zero-order chi connectivity index (χ0) is 40.6. The van der Waals surface area contributed by atoms with E-state index in [1.54, 1.807) is 6.26 Å². The summed E-state index contributed by atoms with van der Waals surface area (Å²) < 4.78 is 34.6. The van der Waals surface area contributed by atoms with Crippen LogP contribution in [0, 0.1) is 0 Å². The highest BCUT2D eigenvalue weighted by Gasteiger charge is 2.26. The predicted molar refractivity (Wildman–Crippen MR) is 233 cm³/mol. The Kier molecular flexibility index (Phi) is 36.7. The second-order valence-corrected chi connectivity index (χ2v) is 16.5. The standard InChI is InChI=1S/C46H80NO7P/c1-6-8-10-12-14-16-18-20-22-23-24-25-26-27-29-31-33-35-37-39-46(48)54-45(44-53-55(49,50)52-42-40-47(3,4)5)43-51-41-38-36-34-32-30-28-21-19-17-15-13-11-9-7-2/h8,10,14,16,20,22,24-25,27,29,33,35,38,41,45H,6-7,9,11-13,15,17-19,21,23,26,28,30-32,34,36-37,39-40,42-44H2,1-5H3/p+1/b10-8+,16-14+,22-20+,25-24+,29-27+,35-33+,41-38+. The van der Waals surface area contributed by atoms with Gasteiger partial charge in [-0.3, -0.25) is 13.8 Å². The van der Waals surface area contributed by atoms with E-state index in [-0.39, 0.29) is 26.2 Å². The van der Waals surface area contributed by atoms with Gasteiger partial charge in [-0.2, -0.15) is 0 Å². The molecule has 0 saturated heterocycles. The van der Waals surface area contributed by atoms with Gasteiger partial charge in [-0.1, -0.05) is 157 Å². The van der Waals surface area contributed by atoms with Crippen LogP contribution >= 0.6 is 7.82 Å². The molecule has 0 bridgehead atoms. The van der Waals surface area contributed by atoms with Crippen molar-refractivity contribution in [1.29, 1.82) is 0 Å². The molecule has 9 heteroatoms. The van der Waals surface area contributed by atoms with E-state index >= 15 is 0 Å². The molecule has 0 radical (unpaired) electrons. The van der Waals surface area contributed by atoms with Gasteiger partial charge in [0, 0.05) is 6.42 Å². The number of hydrogen-bond donors (Lipinski definition) is 1. The maximum absolute atomic E-state index is 12.6. The summed E-state index contributed by atoms with van der Waals surface area (Å²) in [5.74, 6) is -0.420. The highest BCUT2D eigenvalue weighted by molar-refractivity contribution is 7.47. The Morgan fingerprint density at radius 3 is 1.56 bits per heavy atom. The second kappa shape index (κ2) is 38.4. The van der Waals surface area contributed by atoms with Gasteiger partial charge in [-0.15, -0.1) is 0 Å². The van der Waals surface area contributed by atoms with Crippen molar-refractivity contribution in [3.63, 3.8) is 0 Å². The fraction of sp³-hybridized carbons (Fsp3) is 0.674. The molecular weight excluding hydrogens is 709 g/mol. The van der Waals surface area contributed by atoms with E-state index < -0.39 is 19.9 Å². The molecule has 0 saturated carbocycles. The molecule has 1 N–H and O–H groups in total. The smallest absolute Gasteiger partial charge is 0.472 e. The molecule has 0 aromatic heterocycles. The minimum Gasteiger partial charge on any atom is -0.498 e. The average Bonchev–Trinajstić information content (AvgIpc) is 3.13. The number of quaternary nitrogens is 1. The fourth-order valence-electron chi connectivity index (χ4n) is 5.25. The number of rotatable bonds is 38. The number of likely N-dealkylation sites (N-methyl/N-ethyl adjacent to an activating group) is 1. The molecule has 0 aliphatic rings. The number of unbranched alkanes of at least 4 members (excludes halogenated alkanes) is 12. The summed E-state index contributed by atoms with van der Waals surface area (Å²) in [5.41, 5.74) is 0. The molecule has 0 spiro atoms. The minimum absolute atomic E-state index is 0.0134. The van der Waals surface area contributed by atoms with Crippen LogP contribution in [0.2, 0.25) is 0 Å². The van der Waals surface area contributed by atoms with E-state index in [1.807, 2.05) is 39.4 Å². The number of allylic oxidation sites excluding steroid dienone is 13. The molecule has 0 aliphatic heterocycles. The van der Waals surface area contributed by atoms with E-state index in [0.717, 1.165) is 51.4 Å². The number of esters is 1. The van der Waals surface area contributed by atoms with Crippen LogP contribution in [-0.2, 0) is 27.9 Å². The van der Waals surface area contributed by atoms with Crippen LogP contribution in [0.15, 0.2) is 85.3 Å². The normalized spacial score (nSPS) is 14.6. The van der Waals surface area contributed by atoms with Crippen molar-refractivity contribution < 1.29 is 37.3 Å². The second-order valence-electron chi connectivity index (χ2n) is 15.1. The van der Waals surface area contributed by atoms with Gasteiger partial charge in [0.25, 0.3) is 0 Å². The number of phosphoric acid groups is 1. The third-order valence-corrected chi connectivity index (χ3v) is 9.53. The largest absolute Gasteiger partial charge is 0.498 e. The average molecular weight is 791 g/mol. The molecule has 2 atom stereocenters. The predicted octanol–water partition coefficient (Wildman–Crippen LogP) is 12.8. The number of carbonyl (C=O) groups excluding carboxylic acids is 1. The van der Waals surface area contributed by atoms with Gasteiger partial charge in [0.1, 0.15) is 19.8 Å². The van der Waals surface area contributed by atoms with Gasteiger partial charge in [-0.25, -0.2) is 4.57 Å². The minimum atomic E-state index is -4.31. The molecule has 0 rings (SSSR count). The number of hydrogen-bond acceptors (Lipinski definition) is 6. The van der Waals surface area contributed by atoms with E-state index in [4.69, 9.17) is 18.5 Å². The van der Waals surface area contributed by atoms with Crippen LogP contribution in [-0.4, -0.2) is 69.0 Å². The van der Waals surface area contributed by atoms with Gasteiger partial charge in [0.15, 0.2) is 6.10 Å². The van der Waals surface area contributed by atoms with Crippen LogP contribution in [0.1, 0.15) is 149 Å². The molecule has 0 aliphatic carbocycles. The lowest BCUT2D eigenvalue weighted by molar-refractivity contribution is -0.870. The van der Waals surface area contributed by atoms with Gasteiger partial charge in [0.05, 0.1) is 34.0 Å². The summed E-state index contributed by atoms with van der Waals surface area (Å²) in [6, 6.07) is 0. The van der Waals surface area contributed by atoms with Gasteiger partial charge in [-0.05, 0) is 63.9 Å². The van der Waals surface area contributed by atoms with Gasteiger partial charge in [0.2, 0.25) is 0 Å². The summed E-state index contributed by atoms with van der Waals surface area (Å²) in [6.45, 7) is 4.71. The van der Waals surface area contributed by atoms with Crippen LogP contribution in [0.5, 0.6) is 0 Å². The summed E-state index contributed by atoms with van der Waals surface area (Å²) >= 11 is 0. The number of carbonyl (C=O) groups is 1. The first-order valence-corrected chi connectivity index (χ1v) is 22.9. The highest BCUT2D eigenvalue weighted by Crippen LogP contribution is 2.43. The molecule has 0 aromatic carbocycles. The Morgan fingerprint density at radius 1 is 0.600 bits per heavy atom. The molecule has 2 unspecified atom stereocenters. The summed E-state index contributed by atoms with van der Waals surface area (Å²) in [5, 5.41) is 0. The van der Waals surface area contributed by atoms with Crippen molar-refractivity contribution >= 4 is 13.8 Å². The summed E-state index contributed by atoms with van der Waals surface area (Å²) in [7, 11) is 1.58. The van der Waals surface area contributed by atoms with E-state index in [1.165, 1.54) is 70.6 Å². The Balaban J connectivity index is 4.46. The fourth-order valence-corrected chi connectivity index (χ4v) is 5.99. The van der Waals surface area contributed by atoms with Crippen LogP contribution in [0.25, 0.3) is 0 Å². The molecule has 0 amide bonds. The van der Waals surface area contributed by atoms with Gasteiger partial charge < -0.3 is 18.9 Å². The number of nitrogens with zero attached hydrogens (tertiary/aromatic N) is 1. The van der Waals surface area contributed by atoms with Crippen molar-refractivity contribution in [2.75, 3.05) is 47.5 Å². The lowest BCUT2D eigenvalue weighted by Crippen LogP contribution is -2.37. The Morgan fingerprint density at radius 2 is 1.07 bits per heavy atom. The van der Waals surface area contributed by atoms with Crippen LogP contribution < -0.4 is 0 Å². The maximum Gasteiger partial charge on any atom is 0.472 e. The summed E-state index contributed by atoms with van der Waals surface area (Å²) in [6.07, 6.45) is 51.5. The first-order chi connectivity index (χ1) is 26.6. The lowest BCUT2D eigenvalue weighted by atomic mass is 10.0. The SMILES string of the molecule is CC/C=C/C/C=C/C/C=C/C/C=C/C/C=C/C/C=C/CCC(=O)OC(CO/C=C/CCCCCCCCCCCCCC)COP(=O)(O)OCC[N+](C)(C)C. The molecular formula is C46H81NO7P+. The van der Waals surface area contributed by atoms with Crippen molar-refractivity contribution in [3.05, 3.63) is 85.3 Å². The summed E-state index contributed by atoms with van der Waals surface area (Å²) in [4.78, 5) is 22.8. The van der Waals surface area contributed by atoms with Crippen molar-refractivity contribution in [2.24, 2.45) is 0 Å². The molecule has 8 nitrogen and oxygen atoms in total. The van der Waals surface area contributed by atoms with Crippen LogP contribution in [0.4, 0.5) is 0 Å². The zero-order valence-corrected chi connectivity index (χ0v) is 36.5. The Bertz CT molecular complexity index is 1150. The Labute approximate surface area is 337 Å². The lowest BCUT2D eigenvalue weighted by Gasteiger charge is -2.24. The first kappa shape index (κ1) is 52.5. The van der Waals surface area contributed by atoms with E-state index in [2.05, 4.69) is 74.6 Å². The monoisotopic (exact) mass is 791 g/mol. The molecule has 316 valence electrons. The quantitative estimate of drug-likeness (QED) is 0.0166. The van der Waals surface area contributed by atoms with Crippen molar-refractivity contribution in [1.82, 2.24) is 0 Å². The van der Waals surface area contributed by atoms with Gasteiger partial charge >= 0.3 is 13.8 Å². The molecule has 0 fully saturated rings. The molecule has 0 heterocycles. The van der Waals surface area contributed by atoms with E-state index in [0.29, 0.717) is 17.4 Å². The first-order valence-electron chi connectivity index (χ1n) is 21.4. The third kappa shape index (κ3) is 42.5. The van der Waals surface area contributed by atoms with Crippen molar-refractivity contribution in [2.45, 2.75) is 155 Å². The third-order valence-electron chi connectivity index (χ3n) is 8.55. The zero-order valence-electron chi connectivity index (χ0n) is 35.6.